The number of hydrogen-bond acceptors (Lipinski definition) is 3. The average molecular weight is 354 g/mol. The lowest BCUT2D eigenvalue weighted by Gasteiger charge is -2.15. The molecule has 1 aromatic heterocycles. The van der Waals surface area contributed by atoms with E-state index in [0.717, 1.165) is 24.0 Å². The Kier molecular flexibility index (Phi) is 4.87. The van der Waals surface area contributed by atoms with Crippen LogP contribution < -0.4 is 10.1 Å². The predicted octanol–water partition coefficient (Wildman–Crippen LogP) is 3.89. The molecule has 1 unspecified atom stereocenters. The van der Waals surface area contributed by atoms with Crippen LogP contribution in [0, 0.1) is 11.7 Å². The van der Waals surface area contributed by atoms with Gasteiger partial charge in [-0.15, -0.1) is 0 Å². The van der Waals surface area contributed by atoms with E-state index >= 15 is 0 Å². The number of aromatic nitrogens is 1. The van der Waals surface area contributed by atoms with Crippen LogP contribution in [0.15, 0.2) is 36.7 Å². The molecule has 1 atom stereocenters. The van der Waals surface area contributed by atoms with Crippen molar-refractivity contribution in [3.8, 4) is 16.9 Å². The van der Waals surface area contributed by atoms with Crippen molar-refractivity contribution in [3.05, 3.63) is 48.0 Å². The van der Waals surface area contributed by atoms with Crippen LogP contribution >= 0.6 is 0 Å². The second-order valence-corrected chi connectivity index (χ2v) is 7.24. The van der Waals surface area contributed by atoms with E-state index < -0.39 is 0 Å². The third kappa shape index (κ3) is 3.57. The van der Waals surface area contributed by atoms with Crippen molar-refractivity contribution in [3.63, 3.8) is 0 Å². The van der Waals surface area contributed by atoms with Crippen molar-refractivity contribution in [2.45, 2.75) is 44.6 Å². The van der Waals surface area contributed by atoms with Gasteiger partial charge >= 0.3 is 0 Å². The van der Waals surface area contributed by atoms with Gasteiger partial charge in [-0.05, 0) is 48.6 Å². The number of amides is 1. The van der Waals surface area contributed by atoms with Gasteiger partial charge in [0.2, 0.25) is 5.91 Å². The summed E-state index contributed by atoms with van der Waals surface area (Å²) in [5.41, 5.74) is 2.40. The maximum Gasteiger partial charge on any atom is 0.220 e. The Morgan fingerprint density at radius 1 is 1.19 bits per heavy atom. The number of fused-ring (bicyclic) bond motifs is 1. The third-order valence-electron chi connectivity index (χ3n) is 5.39. The molecule has 2 aromatic rings. The predicted molar refractivity (Wildman–Crippen MR) is 97.3 cm³/mol. The van der Waals surface area contributed by atoms with Crippen LogP contribution in [-0.2, 0) is 11.2 Å². The Bertz CT molecular complexity index is 788. The van der Waals surface area contributed by atoms with Crippen LogP contribution in [0.2, 0.25) is 0 Å². The van der Waals surface area contributed by atoms with Crippen LogP contribution in [-0.4, -0.2) is 23.5 Å². The first kappa shape index (κ1) is 17.0. The molecule has 5 heteroatoms. The third-order valence-corrected chi connectivity index (χ3v) is 5.39. The summed E-state index contributed by atoms with van der Waals surface area (Å²) in [6, 6.07) is 6.99. The van der Waals surface area contributed by atoms with Crippen molar-refractivity contribution in [2.24, 2.45) is 5.92 Å². The zero-order valence-corrected chi connectivity index (χ0v) is 14.7. The number of pyridine rings is 1. The zero-order valence-electron chi connectivity index (χ0n) is 14.7. The van der Waals surface area contributed by atoms with Crippen molar-refractivity contribution in [1.29, 1.82) is 0 Å². The van der Waals surface area contributed by atoms with Gasteiger partial charge in [-0.25, -0.2) is 4.39 Å². The molecule has 1 saturated carbocycles. The fraction of sp³-hybridized carbons (Fsp3) is 0.429. The van der Waals surface area contributed by atoms with Crippen LogP contribution in [0.4, 0.5) is 4.39 Å². The second kappa shape index (κ2) is 7.44. The molecule has 2 heterocycles. The number of halogens is 1. The van der Waals surface area contributed by atoms with Gasteiger partial charge in [0.1, 0.15) is 17.7 Å². The zero-order chi connectivity index (χ0) is 17.9. The monoisotopic (exact) mass is 354 g/mol. The fourth-order valence-electron chi connectivity index (χ4n) is 4.01. The lowest BCUT2D eigenvalue weighted by atomic mass is 10.0. The first-order chi connectivity index (χ1) is 12.7. The highest BCUT2D eigenvalue weighted by Crippen LogP contribution is 2.40. The van der Waals surface area contributed by atoms with Gasteiger partial charge in [0.15, 0.2) is 0 Å². The Morgan fingerprint density at radius 3 is 2.73 bits per heavy atom. The number of rotatable bonds is 5. The van der Waals surface area contributed by atoms with Gasteiger partial charge in [-0.3, -0.25) is 9.78 Å². The second-order valence-electron chi connectivity index (χ2n) is 7.24. The minimum Gasteiger partial charge on any atom is -0.487 e. The molecule has 0 saturated heterocycles. The smallest absolute Gasteiger partial charge is 0.220 e. The quantitative estimate of drug-likeness (QED) is 0.886. The molecule has 1 aromatic carbocycles. The number of carbonyl (C=O) groups is 1. The first-order valence-electron chi connectivity index (χ1n) is 9.36. The van der Waals surface area contributed by atoms with Crippen molar-refractivity contribution >= 4 is 5.91 Å². The van der Waals surface area contributed by atoms with Crippen LogP contribution in [0.5, 0.6) is 5.75 Å². The molecule has 4 rings (SSSR count). The van der Waals surface area contributed by atoms with Crippen LogP contribution in [0.1, 0.15) is 37.7 Å². The summed E-state index contributed by atoms with van der Waals surface area (Å²) in [6.07, 6.45) is 9.03. The molecule has 1 aliphatic carbocycles. The highest BCUT2D eigenvalue weighted by atomic mass is 19.1. The summed E-state index contributed by atoms with van der Waals surface area (Å²) < 4.78 is 20.3. The maximum atomic E-state index is 14.2. The lowest BCUT2D eigenvalue weighted by molar-refractivity contribution is -0.122. The molecule has 136 valence electrons. The van der Waals surface area contributed by atoms with E-state index in [0.29, 0.717) is 36.6 Å². The largest absolute Gasteiger partial charge is 0.487 e. The molecule has 2 aliphatic rings. The first-order valence-corrected chi connectivity index (χ1v) is 9.36. The summed E-state index contributed by atoms with van der Waals surface area (Å²) in [5, 5.41) is 2.97. The average Bonchev–Trinajstić information content (AvgIpc) is 3.31. The molecule has 1 N–H and O–H groups in total. The van der Waals surface area contributed by atoms with Gasteiger partial charge in [0.25, 0.3) is 0 Å². The Labute approximate surface area is 152 Å². The van der Waals surface area contributed by atoms with E-state index in [2.05, 4.69) is 10.3 Å². The molecule has 1 aliphatic heterocycles. The van der Waals surface area contributed by atoms with Crippen molar-refractivity contribution < 1.29 is 13.9 Å². The Morgan fingerprint density at radius 2 is 1.96 bits per heavy atom. The van der Waals surface area contributed by atoms with E-state index in [1.165, 1.54) is 18.9 Å². The highest BCUT2D eigenvalue weighted by molar-refractivity contribution is 5.76. The van der Waals surface area contributed by atoms with Crippen LogP contribution in [0.25, 0.3) is 11.1 Å². The van der Waals surface area contributed by atoms with E-state index in [1.807, 2.05) is 12.1 Å². The van der Waals surface area contributed by atoms with E-state index in [4.69, 9.17) is 4.74 Å². The summed E-state index contributed by atoms with van der Waals surface area (Å²) >= 11 is 0. The molecular formula is C21H23FN2O2. The summed E-state index contributed by atoms with van der Waals surface area (Å²) in [6.45, 7) is 0.412. The van der Waals surface area contributed by atoms with E-state index in [1.54, 1.807) is 18.5 Å². The minimum atomic E-state index is -0.252. The standard InChI is InChI=1S/C21H23FN2O2/c22-19-6-5-17(15-7-9-23-10-8-15)21-18(19)12-16(26-21)13-24-20(25)11-14-3-1-2-4-14/h5-10,14,16H,1-4,11-13H2,(H,24,25). The van der Waals surface area contributed by atoms with Gasteiger partial charge in [-0.2, -0.15) is 0 Å². The number of benzene rings is 1. The van der Waals surface area contributed by atoms with Crippen molar-refractivity contribution in [2.75, 3.05) is 6.54 Å². The Hall–Kier alpha value is -2.43. The fourth-order valence-corrected chi connectivity index (χ4v) is 4.01. The molecule has 4 nitrogen and oxygen atoms in total. The summed E-state index contributed by atoms with van der Waals surface area (Å²) in [4.78, 5) is 16.2. The number of nitrogens with one attached hydrogen (secondary N) is 1. The molecule has 1 fully saturated rings. The maximum absolute atomic E-state index is 14.2. The molecule has 0 bridgehead atoms. The van der Waals surface area contributed by atoms with Crippen LogP contribution in [0.3, 0.4) is 0 Å². The topological polar surface area (TPSA) is 51.2 Å². The minimum absolute atomic E-state index is 0.0753. The number of carbonyl (C=O) groups excluding carboxylic acids is 1. The Balaban J connectivity index is 1.42. The highest BCUT2D eigenvalue weighted by Gasteiger charge is 2.29. The van der Waals surface area contributed by atoms with Crippen molar-refractivity contribution in [1.82, 2.24) is 10.3 Å². The SMILES string of the molecule is O=C(CC1CCCC1)NCC1Cc2c(F)ccc(-c3ccncc3)c2O1. The summed E-state index contributed by atoms with van der Waals surface area (Å²) in [5.74, 6) is 0.933. The molecule has 1 amide bonds. The number of hydrogen-bond donors (Lipinski definition) is 1. The van der Waals surface area contributed by atoms with E-state index in [9.17, 15) is 9.18 Å². The molecular weight excluding hydrogens is 331 g/mol. The normalized spacial score (nSPS) is 19.2. The summed E-state index contributed by atoms with van der Waals surface area (Å²) in [7, 11) is 0. The van der Waals surface area contributed by atoms with Gasteiger partial charge in [0, 0.05) is 36.4 Å². The molecule has 0 radical (unpaired) electrons. The number of ether oxygens (including phenoxy) is 1. The molecule has 26 heavy (non-hydrogen) atoms. The van der Waals surface area contributed by atoms with E-state index in [-0.39, 0.29) is 17.8 Å². The lowest BCUT2D eigenvalue weighted by Crippen LogP contribution is -2.35. The van der Waals surface area contributed by atoms with Gasteiger partial charge in [-0.1, -0.05) is 12.8 Å². The van der Waals surface area contributed by atoms with Gasteiger partial charge < -0.3 is 10.1 Å². The number of nitrogens with zero attached hydrogens (tertiary/aromatic N) is 1. The van der Waals surface area contributed by atoms with Gasteiger partial charge in [0.05, 0.1) is 6.54 Å². The molecule has 0 spiro atoms.